The number of methoxy groups -OCH3 is 1. The van der Waals surface area contributed by atoms with Crippen LogP contribution < -0.4 is 0 Å². The van der Waals surface area contributed by atoms with Crippen molar-refractivity contribution in [1.82, 2.24) is 4.90 Å². The van der Waals surface area contributed by atoms with E-state index in [9.17, 15) is 0 Å². The average Bonchev–Trinajstić information content (AvgIpc) is 2.03. The van der Waals surface area contributed by atoms with Gasteiger partial charge in [-0.3, -0.25) is 0 Å². The molecule has 11 heavy (non-hydrogen) atoms. The van der Waals surface area contributed by atoms with Gasteiger partial charge in [-0.1, -0.05) is 20.4 Å². The molecule has 0 spiro atoms. The van der Waals surface area contributed by atoms with Gasteiger partial charge in [0.1, 0.15) is 0 Å². The fourth-order valence-electron chi connectivity index (χ4n) is 0.419. The van der Waals surface area contributed by atoms with Crippen LogP contribution in [0, 0.1) is 0 Å². The van der Waals surface area contributed by atoms with E-state index in [0.717, 1.165) is 18.8 Å². The van der Waals surface area contributed by atoms with E-state index in [-0.39, 0.29) is 0 Å². The van der Waals surface area contributed by atoms with E-state index in [1.54, 1.807) is 7.11 Å². The Morgan fingerprint density at radius 1 is 1.45 bits per heavy atom. The van der Waals surface area contributed by atoms with Gasteiger partial charge in [0.05, 0.1) is 6.61 Å². The van der Waals surface area contributed by atoms with Gasteiger partial charge >= 0.3 is 0 Å². The normalized spacial score (nSPS) is 8.09. The summed E-state index contributed by atoms with van der Waals surface area (Å²) >= 11 is 0. The van der Waals surface area contributed by atoms with Gasteiger partial charge in [0.2, 0.25) is 0 Å². The SMILES string of the molecule is C=C(C)N(C)CCOC.CC. The summed E-state index contributed by atoms with van der Waals surface area (Å²) in [7, 11) is 3.70. The molecule has 0 aromatic carbocycles. The lowest BCUT2D eigenvalue weighted by Gasteiger charge is -2.17. The molecule has 0 atom stereocenters. The molecule has 0 radical (unpaired) electrons. The molecule has 0 saturated heterocycles. The molecule has 0 aliphatic rings. The molecule has 0 bridgehead atoms. The summed E-state index contributed by atoms with van der Waals surface area (Å²) in [4.78, 5) is 2.06. The lowest BCUT2D eigenvalue weighted by Crippen LogP contribution is -2.19. The molecule has 0 unspecified atom stereocenters. The molecule has 0 rings (SSSR count). The smallest absolute Gasteiger partial charge is 0.0637 e. The third kappa shape index (κ3) is 9.50. The zero-order valence-corrected chi connectivity index (χ0v) is 8.48. The number of rotatable bonds is 4. The van der Waals surface area contributed by atoms with Crippen LogP contribution in [0.5, 0.6) is 0 Å². The Labute approximate surface area is 70.8 Å². The summed E-state index contributed by atoms with van der Waals surface area (Å²) in [5, 5.41) is 0. The first-order chi connectivity index (χ1) is 5.18. The van der Waals surface area contributed by atoms with Gasteiger partial charge in [0, 0.05) is 26.4 Å². The first-order valence-electron chi connectivity index (χ1n) is 4.04. The van der Waals surface area contributed by atoms with Crippen molar-refractivity contribution in [3.05, 3.63) is 12.3 Å². The minimum atomic E-state index is 0.767. The Morgan fingerprint density at radius 3 is 2.18 bits per heavy atom. The second kappa shape index (κ2) is 9.50. The molecular formula is C9H21NO. The fourth-order valence-corrected chi connectivity index (χ4v) is 0.419. The highest BCUT2D eigenvalue weighted by Gasteiger charge is 1.92. The van der Waals surface area contributed by atoms with Gasteiger partial charge in [0.25, 0.3) is 0 Å². The van der Waals surface area contributed by atoms with E-state index in [1.807, 2.05) is 27.8 Å². The number of hydrogen-bond donors (Lipinski definition) is 0. The summed E-state index contributed by atoms with van der Waals surface area (Å²) in [5.74, 6) is 0. The largest absolute Gasteiger partial charge is 0.383 e. The molecule has 0 N–H and O–H groups in total. The number of ether oxygens (including phenoxy) is 1. The van der Waals surface area contributed by atoms with Gasteiger partial charge < -0.3 is 9.64 Å². The van der Waals surface area contributed by atoms with Crippen molar-refractivity contribution in [3.63, 3.8) is 0 Å². The van der Waals surface area contributed by atoms with Crippen LogP contribution in [-0.2, 0) is 4.74 Å². The van der Waals surface area contributed by atoms with Crippen LogP contribution in [0.15, 0.2) is 12.3 Å². The second-order valence-electron chi connectivity index (χ2n) is 2.15. The Hall–Kier alpha value is -0.500. The highest BCUT2D eigenvalue weighted by molar-refractivity contribution is 4.85. The van der Waals surface area contributed by atoms with E-state index >= 15 is 0 Å². The minimum Gasteiger partial charge on any atom is -0.383 e. The van der Waals surface area contributed by atoms with Crippen LogP contribution in [0.4, 0.5) is 0 Å². The van der Waals surface area contributed by atoms with Crippen molar-refractivity contribution in [2.24, 2.45) is 0 Å². The van der Waals surface area contributed by atoms with E-state index in [4.69, 9.17) is 4.74 Å². The Balaban J connectivity index is 0. The highest BCUT2D eigenvalue weighted by atomic mass is 16.5. The molecule has 0 aromatic heterocycles. The quantitative estimate of drug-likeness (QED) is 0.623. The Bertz CT molecular complexity index is 91.6. The van der Waals surface area contributed by atoms with Gasteiger partial charge in [-0.2, -0.15) is 0 Å². The van der Waals surface area contributed by atoms with Crippen LogP contribution in [0.3, 0.4) is 0 Å². The third-order valence-electron chi connectivity index (χ3n) is 1.28. The van der Waals surface area contributed by atoms with Crippen LogP contribution in [0.25, 0.3) is 0 Å². The molecular weight excluding hydrogens is 138 g/mol. The van der Waals surface area contributed by atoms with Gasteiger partial charge in [0.15, 0.2) is 0 Å². The predicted molar refractivity (Wildman–Crippen MR) is 50.7 cm³/mol. The molecule has 68 valence electrons. The zero-order valence-electron chi connectivity index (χ0n) is 8.48. The number of hydrogen-bond acceptors (Lipinski definition) is 2. The van der Waals surface area contributed by atoms with E-state index < -0.39 is 0 Å². The standard InChI is InChI=1S/C7H15NO.C2H6/c1-7(2)8(3)5-6-9-4;1-2/h1,5-6H2,2-4H3;1-2H3. The van der Waals surface area contributed by atoms with Crippen LogP contribution >= 0.6 is 0 Å². The van der Waals surface area contributed by atoms with Gasteiger partial charge in [-0.25, -0.2) is 0 Å². The maximum Gasteiger partial charge on any atom is 0.0637 e. The predicted octanol–water partition coefficient (Wildman–Crippen LogP) is 2.12. The summed E-state index contributed by atoms with van der Waals surface area (Å²) in [6.07, 6.45) is 0. The topological polar surface area (TPSA) is 12.5 Å². The fraction of sp³-hybridized carbons (Fsp3) is 0.778. The number of nitrogens with zero attached hydrogens (tertiary/aromatic N) is 1. The maximum absolute atomic E-state index is 4.88. The molecule has 2 nitrogen and oxygen atoms in total. The van der Waals surface area contributed by atoms with Crippen molar-refractivity contribution in [1.29, 1.82) is 0 Å². The first kappa shape index (κ1) is 13.1. The van der Waals surface area contributed by atoms with Crippen LogP contribution in [-0.4, -0.2) is 32.2 Å². The molecule has 0 amide bonds. The lowest BCUT2D eigenvalue weighted by molar-refractivity contribution is 0.174. The number of likely N-dealkylation sites (N-methyl/N-ethyl adjacent to an activating group) is 1. The minimum absolute atomic E-state index is 0.767. The zero-order chi connectivity index (χ0) is 9.28. The lowest BCUT2D eigenvalue weighted by atomic mass is 10.5. The van der Waals surface area contributed by atoms with Crippen molar-refractivity contribution in [2.75, 3.05) is 27.3 Å². The molecule has 0 fully saturated rings. The average molecular weight is 159 g/mol. The summed E-state index contributed by atoms with van der Waals surface area (Å²) in [5.41, 5.74) is 1.08. The summed E-state index contributed by atoms with van der Waals surface area (Å²) < 4.78 is 4.88. The first-order valence-corrected chi connectivity index (χ1v) is 4.04. The molecule has 0 aliphatic heterocycles. The molecule has 0 saturated carbocycles. The van der Waals surface area contributed by atoms with Crippen LogP contribution in [0.2, 0.25) is 0 Å². The maximum atomic E-state index is 4.88. The number of allylic oxidation sites excluding steroid dienone is 1. The van der Waals surface area contributed by atoms with Crippen molar-refractivity contribution >= 4 is 0 Å². The summed E-state index contributed by atoms with van der Waals surface area (Å²) in [6.45, 7) is 11.4. The van der Waals surface area contributed by atoms with E-state index in [2.05, 4.69) is 11.5 Å². The van der Waals surface area contributed by atoms with E-state index in [1.165, 1.54) is 0 Å². The molecule has 2 heteroatoms. The third-order valence-corrected chi connectivity index (χ3v) is 1.28. The van der Waals surface area contributed by atoms with Crippen molar-refractivity contribution in [3.8, 4) is 0 Å². The van der Waals surface area contributed by atoms with Crippen molar-refractivity contribution < 1.29 is 4.74 Å². The van der Waals surface area contributed by atoms with Crippen LogP contribution in [0.1, 0.15) is 20.8 Å². The molecule has 0 heterocycles. The van der Waals surface area contributed by atoms with Crippen molar-refractivity contribution in [2.45, 2.75) is 20.8 Å². The Morgan fingerprint density at radius 2 is 1.91 bits per heavy atom. The molecule has 0 aliphatic carbocycles. The highest BCUT2D eigenvalue weighted by Crippen LogP contribution is 1.93. The molecule has 0 aromatic rings. The second-order valence-corrected chi connectivity index (χ2v) is 2.15. The Kier molecular flexibility index (Phi) is 11.3. The monoisotopic (exact) mass is 159 g/mol. The van der Waals surface area contributed by atoms with E-state index in [0.29, 0.717) is 0 Å². The summed E-state index contributed by atoms with van der Waals surface area (Å²) in [6, 6.07) is 0. The van der Waals surface area contributed by atoms with Gasteiger partial charge in [-0.05, 0) is 6.92 Å². The van der Waals surface area contributed by atoms with Gasteiger partial charge in [-0.15, -0.1) is 0 Å².